The third-order valence-corrected chi connectivity index (χ3v) is 3.42. The standard InChI is InChI=1S/C16H11Cl2NO2/c17-12-6-13(18)8-14(7-12)21-16-11(9-20)5-10-3-1-2-4-15(10)19-16/h1-8,20H,9H2. The molecule has 3 aromatic rings. The third-order valence-electron chi connectivity index (χ3n) is 2.98. The first-order valence-corrected chi connectivity index (χ1v) is 7.05. The van der Waals surface area contributed by atoms with Crippen molar-refractivity contribution in [3.05, 3.63) is 64.1 Å². The fourth-order valence-electron chi connectivity index (χ4n) is 2.04. The van der Waals surface area contributed by atoms with E-state index in [0.29, 0.717) is 27.2 Å². The van der Waals surface area contributed by atoms with E-state index in [1.165, 1.54) is 0 Å². The van der Waals surface area contributed by atoms with E-state index < -0.39 is 0 Å². The molecule has 0 unspecified atom stereocenters. The minimum Gasteiger partial charge on any atom is -0.439 e. The van der Waals surface area contributed by atoms with Crippen molar-refractivity contribution in [3.63, 3.8) is 0 Å². The van der Waals surface area contributed by atoms with Crippen LogP contribution in [0.25, 0.3) is 10.9 Å². The zero-order valence-electron chi connectivity index (χ0n) is 10.9. The molecule has 2 aromatic carbocycles. The van der Waals surface area contributed by atoms with Gasteiger partial charge in [0.1, 0.15) is 5.75 Å². The number of hydrogen-bond donors (Lipinski definition) is 1. The average Bonchev–Trinajstić information content (AvgIpc) is 2.45. The Kier molecular flexibility index (Phi) is 3.97. The Labute approximate surface area is 131 Å². The van der Waals surface area contributed by atoms with Crippen molar-refractivity contribution in [3.8, 4) is 11.6 Å². The van der Waals surface area contributed by atoms with Gasteiger partial charge >= 0.3 is 0 Å². The van der Waals surface area contributed by atoms with E-state index in [9.17, 15) is 5.11 Å². The van der Waals surface area contributed by atoms with Gasteiger partial charge in [-0.05, 0) is 30.3 Å². The molecule has 1 N–H and O–H groups in total. The molecule has 0 bridgehead atoms. The van der Waals surface area contributed by atoms with Crippen molar-refractivity contribution in [2.45, 2.75) is 6.61 Å². The van der Waals surface area contributed by atoms with Crippen LogP contribution in [-0.2, 0) is 6.61 Å². The highest BCUT2D eigenvalue weighted by Crippen LogP contribution is 2.30. The molecule has 106 valence electrons. The van der Waals surface area contributed by atoms with E-state index in [4.69, 9.17) is 27.9 Å². The summed E-state index contributed by atoms with van der Waals surface area (Å²) in [7, 11) is 0. The van der Waals surface area contributed by atoms with Crippen LogP contribution in [0, 0.1) is 0 Å². The van der Waals surface area contributed by atoms with E-state index >= 15 is 0 Å². The average molecular weight is 320 g/mol. The molecule has 21 heavy (non-hydrogen) atoms. The summed E-state index contributed by atoms with van der Waals surface area (Å²) in [6.45, 7) is -0.165. The summed E-state index contributed by atoms with van der Waals surface area (Å²) in [6, 6.07) is 14.4. The quantitative estimate of drug-likeness (QED) is 0.752. The van der Waals surface area contributed by atoms with Crippen LogP contribution in [0.1, 0.15) is 5.56 Å². The summed E-state index contributed by atoms with van der Waals surface area (Å²) in [5, 5.41) is 11.4. The van der Waals surface area contributed by atoms with Gasteiger partial charge in [0.25, 0.3) is 0 Å². The molecule has 1 heterocycles. The lowest BCUT2D eigenvalue weighted by molar-refractivity contribution is 0.275. The third kappa shape index (κ3) is 3.10. The van der Waals surface area contributed by atoms with Gasteiger partial charge < -0.3 is 9.84 Å². The molecule has 0 fully saturated rings. The normalized spacial score (nSPS) is 10.8. The van der Waals surface area contributed by atoms with E-state index in [0.717, 1.165) is 10.9 Å². The molecule has 0 aliphatic heterocycles. The van der Waals surface area contributed by atoms with Crippen molar-refractivity contribution in [1.82, 2.24) is 4.98 Å². The molecule has 0 saturated carbocycles. The summed E-state index contributed by atoms with van der Waals surface area (Å²) >= 11 is 11.9. The van der Waals surface area contributed by atoms with Crippen LogP contribution < -0.4 is 4.74 Å². The smallest absolute Gasteiger partial charge is 0.225 e. The molecular weight excluding hydrogens is 309 g/mol. The van der Waals surface area contributed by atoms with Crippen LogP contribution in [0.2, 0.25) is 10.0 Å². The second-order valence-electron chi connectivity index (χ2n) is 4.51. The van der Waals surface area contributed by atoms with Crippen molar-refractivity contribution in [1.29, 1.82) is 0 Å². The number of pyridine rings is 1. The van der Waals surface area contributed by atoms with E-state index in [-0.39, 0.29) is 6.61 Å². The topological polar surface area (TPSA) is 42.4 Å². The van der Waals surface area contributed by atoms with Gasteiger partial charge in [-0.15, -0.1) is 0 Å². The maximum atomic E-state index is 9.49. The Bertz CT molecular complexity index is 785. The van der Waals surface area contributed by atoms with Crippen molar-refractivity contribution < 1.29 is 9.84 Å². The number of ether oxygens (including phenoxy) is 1. The van der Waals surface area contributed by atoms with Crippen LogP contribution in [0.3, 0.4) is 0 Å². The monoisotopic (exact) mass is 319 g/mol. The van der Waals surface area contributed by atoms with Crippen LogP contribution in [0.15, 0.2) is 48.5 Å². The molecular formula is C16H11Cl2NO2. The fraction of sp³-hybridized carbons (Fsp3) is 0.0625. The number of rotatable bonds is 3. The Hall–Kier alpha value is -1.81. The molecule has 0 radical (unpaired) electrons. The first-order chi connectivity index (χ1) is 10.2. The summed E-state index contributed by atoms with van der Waals surface area (Å²) in [5.74, 6) is 0.819. The lowest BCUT2D eigenvalue weighted by atomic mass is 10.1. The first kappa shape index (κ1) is 14.1. The Morgan fingerprint density at radius 1 is 1.00 bits per heavy atom. The SMILES string of the molecule is OCc1cc2ccccc2nc1Oc1cc(Cl)cc(Cl)c1. The lowest BCUT2D eigenvalue weighted by Gasteiger charge is -2.10. The summed E-state index contributed by atoms with van der Waals surface area (Å²) in [5.41, 5.74) is 1.39. The zero-order chi connectivity index (χ0) is 14.8. The van der Waals surface area contributed by atoms with Gasteiger partial charge in [-0.25, -0.2) is 4.98 Å². The number of halogens is 2. The highest BCUT2D eigenvalue weighted by molar-refractivity contribution is 6.34. The molecule has 0 spiro atoms. The molecule has 3 nitrogen and oxygen atoms in total. The van der Waals surface area contributed by atoms with Crippen LogP contribution in [0.4, 0.5) is 0 Å². The molecule has 1 aromatic heterocycles. The molecule has 0 amide bonds. The second kappa shape index (κ2) is 5.90. The molecule has 5 heteroatoms. The van der Waals surface area contributed by atoms with Crippen molar-refractivity contribution in [2.24, 2.45) is 0 Å². The number of fused-ring (bicyclic) bond motifs is 1. The molecule has 0 saturated heterocycles. The predicted octanol–water partition coefficient (Wildman–Crippen LogP) is 4.83. The van der Waals surface area contributed by atoms with E-state index in [1.807, 2.05) is 30.3 Å². The Morgan fingerprint density at radius 2 is 1.71 bits per heavy atom. The van der Waals surface area contributed by atoms with Crippen LogP contribution >= 0.6 is 23.2 Å². The number of nitrogens with zero attached hydrogens (tertiary/aromatic N) is 1. The second-order valence-corrected chi connectivity index (χ2v) is 5.38. The van der Waals surface area contributed by atoms with Gasteiger partial charge in [-0.2, -0.15) is 0 Å². The number of hydrogen-bond acceptors (Lipinski definition) is 3. The highest BCUT2D eigenvalue weighted by atomic mass is 35.5. The summed E-state index contributed by atoms with van der Waals surface area (Å²) < 4.78 is 5.73. The van der Waals surface area contributed by atoms with E-state index in [1.54, 1.807) is 18.2 Å². The van der Waals surface area contributed by atoms with Gasteiger partial charge in [0.05, 0.1) is 12.1 Å². The molecule has 0 atom stereocenters. The van der Waals surface area contributed by atoms with Gasteiger partial charge in [-0.3, -0.25) is 0 Å². The highest BCUT2D eigenvalue weighted by Gasteiger charge is 2.09. The number of aliphatic hydroxyl groups is 1. The Balaban J connectivity index is 2.06. The Morgan fingerprint density at radius 3 is 2.43 bits per heavy atom. The summed E-state index contributed by atoms with van der Waals surface area (Å²) in [4.78, 5) is 4.43. The predicted molar refractivity (Wildman–Crippen MR) is 84.2 cm³/mol. The number of benzene rings is 2. The van der Waals surface area contributed by atoms with Crippen LogP contribution in [-0.4, -0.2) is 10.1 Å². The van der Waals surface area contributed by atoms with Gasteiger partial charge in [0.2, 0.25) is 5.88 Å². The number of para-hydroxylation sites is 1. The number of aromatic nitrogens is 1. The van der Waals surface area contributed by atoms with Crippen molar-refractivity contribution >= 4 is 34.1 Å². The molecule has 0 aliphatic rings. The minimum absolute atomic E-state index is 0.165. The maximum absolute atomic E-state index is 9.49. The van der Waals surface area contributed by atoms with Crippen LogP contribution in [0.5, 0.6) is 11.6 Å². The maximum Gasteiger partial charge on any atom is 0.225 e. The summed E-state index contributed by atoms with van der Waals surface area (Å²) in [6.07, 6.45) is 0. The first-order valence-electron chi connectivity index (χ1n) is 6.29. The van der Waals surface area contributed by atoms with E-state index in [2.05, 4.69) is 4.98 Å². The molecule has 0 aliphatic carbocycles. The minimum atomic E-state index is -0.165. The number of aliphatic hydroxyl groups excluding tert-OH is 1. The largest absolute Gasteiger partial charge is 0.439 e. The fourth-order valence-corrected chi connectivity index (χ4v) is 2.55. The molecule has 3 rings (SSSR count). The zero-order valence-corrected chi connectivity index (χ0v) is 12.4. The van der Waals surface area contributed by atoms with Gasteiger partial charge in [-0.1, -0.05) is 41.4 Å². The van der Waals surface area contributed by atoms with Gasteiger partial charge in [0.15, 0.2) is 0 Å². The van der Waals surface area contributed by atoms with Crippen molar-refractivity contribution in [2.75, 3.05) is 0 Å². The lowest BCUT2D eigenvalue weighted by Crippen LogP contribution is -1.96. The van der Waals surface area contributed by atoms with Gasteiger partial charge in [0, 0.05) is 21.0 Å².